The van der Waals surface area contributed by atoms with Crippen LogP contribution in [0.4, 0.5) is 0 Å². The van der Waals surface area contributed by atoms with Crippen LogP contribution in [0.15, 0.2) is 41.5 Å². The van der Waals surface area contributed by atoms with Crippen molar-refractivity contribution in [2.24, 2.45) is 0 Å². The quantitative estimate of drug-likeness (QED) is 0.483. The van der Waals surface area contributed by atoms with Crippen molar-refractivity contribution in [3.8, 4) is 5.69 Å². The van der Waals surface area contributed by atoms with Gasteiger partial charge in [0.2, 0.25) is 5.78 Å². The lowest BCUT2D eigenvalue weighted by atomic mass is 10.1. The van der Waals surface area contributed by atoms with Gasteiger partial charge in [-0.2, -0.15) is 0 Å². The zero-order valence-corrected chi connectivity index (χ0v) is 10.6. The fourth-order valence-corrected chi connectivity index (χ4v) is 2.56. The van der Waals surface area contributed by atoms with Crippen LogP contribution in [0.2, 0.25) is 0 Å². The van der Waals surface area contributed by atoms with Gasteiger partial charge in [-0.1, -0.05) is 11.6 Å². The zero-order valence-electron chi connectivity index (χ0n) is 10.6. The van der Waals surface area contributed by atoms with Crippen molar-refractivity contribution in [1.29, 1.82) is 0 Å². The molecule has 0 radical (unpaired) electrons. The minimum Gasteiger partial charge on any atom is -0.285 e. The van der Waals surface area contributed by atoms with Crippen LogP contribution in [-0.4, -0.2) is 20.3 Å². The summed E-state index contributed by atoms with van der Waals surface area (Å²) in [6.07, 6.45) is 3.05. The van der Waals surface area contributed by atoms with Gasteiger partial charge >= 0.3 is 0 Å². The van der Waals surface area contributed by atoms with Gasteiger partial charge in [0, 0.05) is 6.20 Å². The molecule has 4 rings (SSSR count). The summed E-state index contributed by atoms with van der Waals surface area (Å²) in [5, 5.41) is 0.463. The van der Waals surface area contributed by atoms with Crippen molar-refractivity contribution in [3.05, 3.63) is 64.0 Å². The molecule has 1 aliphatic heterocycles. The number of pyridine rings is 1. The molecule has 0 aliphatic carbocycles. The van der Waals surface area contributed by atoms with Crippen molar-refractivity contribution in [1.82, 2.24) is 14.5 Å². The van der Waals surface area contributed by atoms with E-state index in [9.17, 15) is 9.59 Å². The van der Waals surface area contributed by atoms with E-state index < -0.39 is 0 Å². The van der Waals surface area contributed by atoms with Crippen LogP contribution in [0.3, 0.4) is 0 Å². The first-order chi connectivity index (χ1) is 9.66. The maximum atomic E-state index is 12.6. The highest BCUT2D eigenvalue weighted by Gasteiger charge is 2.30. The van der Waals surface area contributed by atoms with Gasteiger partial charge in [0.05, 0.1) is 28.4 Å². The summed E-state index contributed by atoms with van der Waals surface area (Å²) < 4.78 is 1.39. The second-order valence-corrected chi connectivity index (χ2v) is 4.82. The second kappa shape index (κ2) is 3.60. The molecule has 0 saturated heterocycles. The molecule has 20 heavy (non-hydrogen) atoms. The predicted octanol–water partition coefficient (Wildman–Crippen LogP) is 1.63. The fraction of sp³-hybridized carbons (Fsp3) is 0.0667. The van der Waals surface area contributed by atoms with E-state index in [2.05, 4.69) is 9.97 Å². The third-order valence-electron chi connectivity index (χ3n) is 3.51. The van der Waals surface area contributed by atoms with E-state index in [0.717, 1.165) is 5.56 Å². The summed E-state index contributed by atoms with van der Waals surface area (Å²) in [5.41, 5.74) is 2.32. The molecular formula is C15H9N3O2. The lowest BCUT2D eigenvalue weighted by Crippen LogP contribution is -2.21. The van der Waals surface area contributed by atoms with Crippen molar-refractivity contribution in [3.63, 3.8) is 0 Å². The predicted molar refractivity (Wildman–Crippen MR) is 73.3 cm³/mol. The molecule has 0 fully saturated rings. The molecule has 0 N–H and O–H groups in total. The number of rotatable bonds is 0. The van der Waals surface area contributed by atoms with E-state index in [1.807, 2.05) is 13.0 Å². The lowest BCUT2D eigenvalue weighted by molar-refractivity contribution is 0.103. The van der Waals surface area contributed by atoms with Gasteiger partial charge in [0.25, 0.3) is 5.56 Å². The number of ketones is 1. The third kappa shape index (κ3) is 1.26. The Bertz CT molecular complexity index is 957. The highest BCUT2D eigenvalue weighted by Crippen LogP contribution is 2.26. The Morgan fingerprint density at radius 3 is 2.85 bits per heavy atom. The van der Waals surface area contributed by atoms with E-state index in [1.165, 1.54) is 10.8 Å². The second-order valence-electron chi connectivity index (χ2n) is 4.82. The van der Waals surface area contributed by atoms with Crippen molar-refractivity contribution in [2.75, 3.05) is 0 Å². The van der Waals surface area contributed by atoms with E-state index in [4.69, 9.17) is 0 Å². The summed E-state index contributed by atoms with van der Waals surface area (Å²) in [5.74, 6) is -0.0531. The van der Waals surface area contributed by atoms with Gasteiger partial charge in [-0.3, -0.25) is 19.1 Å². The SMILES string of the molecule is Cc1ccc2c(c1)C(=O)c1nc3cnccc3c(=O)n1-2. The monoisotopic (exact) mass is 263 g/mol. The first-order valence-electron chi connectivity index (χ1n) is 6.19. The molecule has 2 aromatic heterocycles. The van der Waals surface area contributed by atoms with E-state index in [-0.39, 0.29) is 17.2 Å². The van der Waals surface area contributed by atoms with Crippen LogP contribution in [0.5, 0.6) is 0 Å². The van der Waals surface area contributed by atoms with Gasteiger partial charge in [-0.15, -0.1) is 0 Å². The van der Waals surface area contributed by atoms with Crippen LogP contribution in [-0.2, 0) is 0 Å². The van der Waals surface area contributed by atoms with Crippen LogP contribution in [0.1, 0.15) is 21.7 Å². The first-order valence-corrected chi connectivity index (χ1v) is 6.19. The van der Waals surface area contributed by atoms with E-state index in [1.54, 1.807) is 24.4 Å². The van der Waals surface area contributed by atoms with Gasteiger partial charge in [0.1, 0.15) is 0 Å². The minimum atomic E-state index is -0.233. The van der Waals surface area contributed by atoms with Gasteiger partial charge in [-0.25, -0.2) is 4.98 Å². The molecule has 1 aromatic carbocycles. The fourth-order valence-electron chi connectivity index (χ4n) is 2.56. The Balaban J connectivity index is 2.20. The van der Waals surface area contributed by atoms with Crippen molar-refractivity contribution < 1.29 is 4.79 Å². The number of hydrogen-bond acceptors (Lipinski definition) is 4. The van der Waals surface area contributed by atoms with Gasteiger partial charge in [0.15, 0.2) is 5.82 Å². The number of hydrogen-bond donors (Lipinski definition) is 0. The Morgan fingerprint density at radius 1 is 1.15 bits per heavy atom. The van der Waals surface area contributed by atoms with Gasteiger partial charge in [-0.05, 0) is 25.1 Å². The molecule has 5 nitrogen and oxygen atoms in total. The molecule has 0 atom stereocenters. The molecule has 0 unspecified atom stereocenters. The number of benzene rings is 1. The Hall–Kier alpha value is -2.82. The average Bonchev–Trinajstić information content (AvgIpc) is 2.73. The summed E-state index contributed by atoms with van der Waals surface area (Å²) in [6.45, 7) is 1.91. The first kappa shape index (κ1) is 11.0. The summed E-state index contributed by atoms with van der Waals surface area (Å²) in [6, 6.07) is 7.07. The number of carbonyl (C=O) groups excluding carboxylic acids is 1. The molecule has 3 aromatic rings. The molecule has 0 saturated carbocycles. The van der Waals surface area contributed by atoms with E-state index >= 15 is 0 Å². The Kier molecular flexibility index (Phi) is 1.99. The number of aryl methyl sites for hydroxylation is 1. The minimum absolute atomic E-state index is 0.163. The molecule has 0 bridgehead atoms. The highest BCUT2D eigenvalue weighted by atomic mass is 16.1. The third-order valence-corrected chi connectivity index (χ3v) is 3.51. The average molecular weight is 263 g/mol. The molecular weight excluding hydrogens is 254 g/mol. The highest BCUT2D eigenvalue weighted by molar-refractivity contribution is 6.13. The summed E-state index contributed by atoms with van der Waals surface area (Å²) >= 11 is 0. The van der Waals surface area contributed by atoms with Crippen LogP contribution >= 0.6 is 0 Å². The molecule has 3 heterocycles. The van der Waals surface area contributed by atoms with Gasteiger partial charge < -0.3 is 0 Å². The van der Waals surface area contributed by atoms with Crippen molar-refractivity contribution >= 4 is 16.7 Å². The van der Waals surface area contributed by atoms with Crippen LogP contribution in [0.25, 0.3) is 16.6 Å². The largest absolute Gasteiger partial charge is 0.285 e. The van der Waals surface area contributed by atoms with Crippen LogP contribution in [0, 0.1) is 6.92 Å². The summed E-state index contributed by atoms with van der Waals surface area (Å²) in [7, 11) is 0. The molecule has 1 aliphatic rings. The number of fused-ring (bicyclic) bond motifs is 4. The van der Waals surface area contributed by atoms with Crippen LogP contribution < -0.4 is 5.56 Å². The molecule has 96 valence electrons. The van der Waals surface area contributed by atoms with E-state index in [0.29, 0.717) is 22.2 Å². The number of aromatic nitrogens is 3. The molecule has 0 spiro atoms. The maximum Gasteiger partial charge on any atom is 0.266 e. The zero-order chi connectivity index (χ0) is 13.9. The maximum absolute atomic E-state index is 12.6. The summed E-state index contributed by atoms with van der Waals surface area (Å²) in [4.78, 5) is 33.2. The normalized spacial score (nSPS) is 12.6. The molecule has 5 heteroatoms. The number of nitrogens with zero attached hydrogens (tertiary/aromatic N) is 3. The Morgan fingerprint density at radius 2 is 2.00 bits per heavy atom. The Labute approximate surface area is 113 Å². The number of carbonyl (C=O) groups is 1. The smallest absolute Gasteiger partial charge is 0.266 e. The standard InChI is InChI=1S/C15H9N3O2/c1-8-2-3-12-10(6-8)13(19)14-17-11-7-16-5-4-9(11)15(20)18(12)14/h2-7H,1H3. The molecule has 0 amide bonds. The topological polar surface area (TPSA) is 64.8 Å². The lowest BCUT2D eigenvalue weighted by Gasteiger charge is -2.05. The van der Waals surface area contributed by atoms with Crippen molar-refractivity contribution in [2.45, 2.75) is 6.92 Å².